The van der Waals surface area contributed by atoms with E-state index in [1.165, 1.54) is 23.4 Å². The summed E-state index contributed by atoms with van der Waals surface area (Å²) < 4.78 is 0. The zero-order valence-electron chi connectivity index (χ0n) is 9.04. The quantitative estimate of drug-likeness (QED) is 0.779. The van der Waals surface area contributed by atoms with Gasteiger partial charge in [0.1, 0.15) is 11.8 Å². The molecular formula is C11H12N2O4. The first-order chi connectivity index (χ1) is 8.11. The summed E-state index contributed by atoms with van der Waals surface area (Å²) in [6.07, 6.45) is 3.67. The van der Waals surface area contributed by atoms with E-state index in [4.69, 9.17) is 5.11 Å². The van der Waals surface area contributed by atoms with Gasteiger partial charge in [-0.15, -0.1) is 0 Å². The summed E-state index contributed by atoms with van der Waals surface area (Å²) in [5.41, 5.74) is 0.0909. The van der Waals surface area contributed by atoms with E-state index in [-0.39, 0.29) is 11.3 Å². The number of carboxylic acids is 1. The number of hydrogen-bond acceptors (Lipinski definition) is 4. The van der Waals surface area contributed by atoms with Crippen LogP contribution in [-0.2, 0) is 4.79 Å². The second-order valence-corrected chi connectivity index (χ2v) is 3.89. The third-order valence-electron chi connectivity index (χ3n) is 2.83. The van der Waals surface area contributed by atoms with Crippen LogP contribution in [0, 0.1) is 0 Å². The van der Waals surface area contributed by atoms with Crippen LogP contribution in [0.25, 0.3) is 0 Å². The maximum Gasteiger partial charge on any atom is 0.326 e. The number of hydrogen-bond donors (Lipinski definition) is 2. The molecule has 1 atom stereocenters. The number of likely N-dealkylation sites (tertiary alicyclic amines) is 1. The minimum Gasteiger partial charge on any atom is -0.505 e. The molecule has 1 fully saturated rings. The molecule has 0 radical (unpaired) electrons. The summed E-state index contributed by atoms with van der Waals surface area (Å²) >= 11 is 0. The Kier molecular flexibility index (Phi) is 2.95. The molecule has 1 aromatic rings. The molecule has 90 valence electrons. The van der Waals surface area contributed by atoms with Crippen molar-refractivity contribution in [3.8, 4) is 5.75 Å². The van der Waals surface area contributed by atoms with Crippen molar-refractivity contribution < 1.29 is 19.8 Å². The van der Waals surface area contributed by atoms with Crippen LogP contribution in [0.4, 0.5) is 0 Å². The number of carbonyl (C=O) groups excluding carboxylic acids is 1. The van der Waals surface area contributed by atoms with Crippen molar-refractivity contribution >= 4 is 11.9 Å². The summed E-state index contributed by atoms with van der Waals surface area (Å²) in [4.78, 5) is 28.0. The Labute approximate surface area is 97.5 Å². The highest BCUT2D eigenvalue weighted by molar-refractivity contribution is 5.98. The number of pyridine rings is 1. The van der Waals surface area contributed by atoms with Gasteiger partial charge in [-0.25, -0.2) is 4.79 Å². The lowest BCUT2D eigenvalue weighted by atomic mass is 10.2. The Morgan fingerprint density at radius 2 is 2.24 bits per heavy atom. The molecule has 2 heterocycles. The lowest BCUT2D eigenvalue weighted by Crippen LogP contribution is -2.40. The van der Waals surface area contributed by atoms with E-state index in [0.29, 0.717) is 19.4 Å². The number of carboxylic acid groups (broad SMARTS) is 1. The van der Waals surface area contributed by atoms with Gasteiger partial charge >= 0.3 is 5.97 Å². The molecule has 0 bridgehead atoms. The third-order valence-corrected chi connectivity index (χ3v) is 2.83. The maximum atomic E-state index is 12.1. The molecule has 0 saturated carbocycles. The molecule has 1 aliphatic rings. The van der Waals surface area contributed by atoms with E-state index >= 15 is 0 Å². The van der Waals surface area contributed by atoms with Gasteiger partial charge in [0.05, 0.1) is 11.8 Å². The number of amides is 1. The SMILES string of the molecule is O=C(O)[C@@H]1CCCN1C(=O)c1ccncc1O. The highest BCUT2D eigenvalue weighted by Crippen LogP contribution is 2.23. The van der Waals surface area contributed by atoms with Gasteiger partial charge < -0.3 is 15.1 Å². The summed E-state index contributed by atoms with van der Waals surface area (Å²) in [5, 5.41) is 18.5. The Morgan fingerprint density at radius 3 is 2.88 bits per heavy atom. The van der Waals surface area contributed by atoms with Crippen molar-refractivity contribution in [2.75, 3.05) is 6.54 Å². The van der Waals surface area contributed by atoms with E-state index in [0.717, 1.165) is 0 Å². The lowest BCUT2D eigenvalue weighted by Gasteiger charge is -2.21. The van der Waals surface area contributed by atoms with Crippen LogP contribution < -0.4 is 0 Å². The normalized spacial score (nSPS) is 19.3. The van der Waals surface area contributed by atoms with E-state index < -0.39 is 17.9 Å². The minimum atomic E-state index is -1.01. The minimum absolute atomic E-state index is 0.0909. The molecule has 1 saturated heterocycles. The molecule has 2 rings (SSSR count). The topological polar surface area (TPSA) is 90.7 Å². The number of aliphatic carboxylic acids is 1. The Morgan fingerprint density at radius 1 is 1.47 bits per heavy atom. The second kappa shape index (κ2) is 4.40. The molecule has 1 aliphatic heterocycles. The van der Waals surface area contributed by atoms with Crippen molar-refractivity contribution in [2.45, 2.75) is 18.9 Å². The summed E-state index contributed by atoms with van der Waals surface area (Å²) in [6, 6.07) is 0.588. The molecule has 2 N–H and O–H groups in total. The fraction of sp³-hybridized carbons (Fsp3) is 0.364. The van der Waals surface area contributed by atoms with Gasteiger partial charge in [-0.1, -0.05) is 0 Å². The van der Waals surface area contributed by atoms with Gasteiger partial charge in [-0.3, -0.25) is 9.78 Å². The third kappa shape index (κ3) is 2.06. The first kappa shape index (κ1) is 11.4. The van der Waals surface area contributed by atoms with Gasteiger partial charge in [-0.2, -0.15) is 0 Å². The molecule has 0 unspecified atom stereocenters. The number of aromatic nitrogens is 1. The average Bonchev–Trinajstić information content (AvgIpc) is 2.77. The fourth-order valence-electron chi connectivity index (χ4n) is 1.99. The molecule has 0 aromatic carbocycles. The van der Waals surface area contributed by atoms with Crippen LogP contribution in [-0.4, -0.2) is 44.6 Å². The van der Waals surface area contributed by atoms with Crippen LogP contribution in [0.15, 0.2) is 18.5 Å². The molecule has 6 nitrogen and oxygen atoms in total. The standard InChI is InChI=1S/C11H12N2O4/c14-9-6-12-4-3-7(9)10(15)13-5-1-2-8(13)11(16)17/h3-4,6,8,14H,1-2,5H2,(H,16,17)/t8-/m0/s1. The van der Waals surface area contributed by atoms with Crippen LogP contribution in [0.5, 0.6) is 5.75 Å². The number of nitrogens with zero attached hydrogens (tertiary/aromatic N) is 2. The van der Waals surface area contributed by atoms with E-state index in [1.807, 2.05) is 0 Å². The predicted octanol–water partition coefficient (Wildman–Crippen LogP) is 0.476. The summed E-state index contributed by atoms with van der Waals surface area (Å²) in [6.45, 7) is 0.400. The molecular weight excluding hydrogens is 224 g/mol. The molecule has 1 amide bonds. The first-order valence-corrected chi connectivity index (χ1v) is 5.28. The van der Waals surface area contributed by atoms with Gasteiger partial charge in [0.25, 0.3) is 5.91 Å². The monoisotopic (exact) mass is 236 g/mol. The summed E-state index contributed by atoms with van der Waals surface area (Å²) in [5.74, 6) is -1.70. The highest BCUT2D eigenvalue weighted by atomic mass is 16.4. The Bertz CT molecular complexity index is 461. The fourth-order valence-corrected chi connectivity index (χ4v) is 1.99. The van der Waals surface area contributed by atoms with E-state index in [9.17, 15) is 14.7 Å². The smallest absolute Gasteiger partial charge is 0.326 e. The lowest BCUT2D eigenvalue weighted by molar-refractivity contribution is -0.141. The maximum absolute atomic E-state index is 12.1. The molecule has 0 spiro atoms. The summed E-state index contributed by atoms with van der Waals surface area (Å²) in [7, 11) is 0. The van der Waals surface area contributed by atoms with Crippen molar-refractivity contribution in [3.63, 3.8) is 0 Å². The van der Waals surface area contributed by atoms with Crippen molar-refractivity contribution in [1.29, 1.82) is 0 Å². The molecule has 0 aliphatic carbocycles. The van der Waals surface area contributed by atoms with Crippen LogP contribution in [0.1, 0.15) is 23.2 Å². The van der Waals surface area contributed by atoms with Crippen LogP contribution >= 0.6 is 0 Å². The number of carbonyl (C=O) groups is 2. The zero-order valence-corrected chi connectivity index (χ0v) is 9.04. The first-order valence-electron chi connectivity index (χ1n) is 5.28. The van der Waals surface area contributed by atoms with Gasteiger partial charge in [0.15, 0.2) is 0 Å². The van der Waals surface area contributed by atoms with Gasteiger partial charge in [0, 0.05) is 12.7 Å². The second-order valence-electron chi connectivity index (χ2n) is 3.89. The van der Waals surface area contributed by atoms with Gasteiger partial charge in [0.2, 0.25) is 0 Å². The van der Waals surface area contributed by atoms with Gasteiger partial charge in [-0.05, 0) is 18.9 Å². The van der Waals surface area contributed by atoms with Crippen molar-refractivity contribution in [1.82, 2.24) is 9.88 Å². The average molecular weight is 236 g/mol. The Hall–Kier alpha value is -2.11. The van der Waals surface area contributed by atoms with E-state index in [2.05, 4.69) is 4.98 Å². The van der Waals surface area contributed by atoms with Crippen molar-refractivity contribution in [3.05, 3.63) is 24.0 Å². The highest BCUT2D eigenvalue weighted by Gasteiger charge is 2.35. The van der Waals surface area contributed by atoms with E-state index in [1.54, 1.807) is 0 Å². The molecule has 17 heavy (non-hydrogen) atoms. The zero-order chi connectivity index (χ0) is 12.4. The number of aromatic hydroxyl groups is 1. The Balaban J connectivity index is 2.26. The number of rotatable bonds is 2. The molecule has 6 heteroatoms. The van der Waals surface area contributed by atoms with Crippen LogP contribution in [0.3, 0.4) is 0 Å². The predicted molar refractivity (Wildman–Crippen MR) is 57.6 cm³/mol. The molecule has 1 aromatic heterocycles. The van der Waals surface area contributed by atoms with Crippen molar-refractivity contribution in [2.24, 2.45) is 0 Å². The van der Waals surface area contributed by atoms with Crippen LogP contribution in [0.2, 0.25) is 0 Å². The largest absolute Gasteiger partial charge is 0.505 e.